The van der Waals surface area contributed by atoms with E-state index in [2.05, 4.69) is 25.9 Å². The fourth-order valence-corrected chi connectivity index (χ4v) is 1.29. The molecule has 15 heavy (non-hydrogen) atoms. The molecule has 0 radical (unpaired) electrons. The van der Waals surface area contributed by atoms with Crippen LogP contribution in [0, 0.1) is 5.82 Å². The molecule has 0 bridgehead atoms. The lowest BCUT2D eigenvalue weighted by molar-refractivity contribution is 0.456. The fourth-order valence-electron chi connectivity index (χ4n) is 0.991. The average Bonchev–Trinajstić information content (AvgIpc) is 2.25. The number of benzene rings is 1. The van der Waals surface area contributed by atoms with Crippen LogP contribution < -0.4 is 4.74 Å². The van der Waals surface area contributed by atoms with Crippen molar-refractivity contribution in [1.29, 1.82) is 0 Å². The van der Waals surface area contributed by atoms with Crippen LogP contribution in [0.1, 0.15) is 0 Å². The van der Waals surface area contributed by atoms with Crippen LogP contribution in [0.4, 0.5) is 4.39 Å². The van der Waals surface area contributed by atoms with Gasteiger partial charge >= 0.3 is 0 Å². The second-order valence-electron chi connectivity index (χ2n) is 2.73. The van der Waals surface area contributed by atoms with Crippen molar-refractivity contribution >= 4 is 15.9 Å². The molecule has 0 saturated carbocycles. The molecule has 2 rings (SSSR count). The summed E-state index contributed by atoms with van der Waals surface area (Å²) < 4.78 is 18.7. The highest BCUT2D eigenvalue weighted by Gasteiger charge is 2.03. The van der Waals surface area contributed by atoms with Gasteiger partial charge in [0.25, 0.3) is 0 Å². The molecular weight excluding hydrogens is 263 g/mol. The Morgan fingerprint density at radius 1 is 1.20 bits per heavy atom. The zero-order valence-electron chi connectivity index (χ0n) is 7.52. The maximum absolute atomic E-state index is 12.6. The zero-order chi connectivity index (χ0) is 10.7. The van der Waals surface area contributed by atoms with Crippen molar-refractivity contribution < 1.29 is 9.13 Å². The summed E-state index contributed by atoms with van der Waals surface area (Å²) >= 11 is 3.24. The van der Waals surface area contributed by atoms with E-state index in [1.54, 1.807) is 6.20 Å². The summed E-state index contributed by atoms with van der Waals surface area (Å²) in [4.78, 5) is 7.72. The third-order valence-corrected chi connectivity index (χ3v) is 2.21. The number of aromatic nitrogens is 2. The summed E-state index contributed by atoms with van der Waals surface area (Å²) in [6, 6.07) is 5.71. The molecule has 0 N–H and O–H groups in total. The molecule has 1 aromatic carbocycles. The van der Waals surface area contributed by atoms with Gasteiger partial charge in [0.2, 0.25) is 5.88 Å². The lowest BCUT2D eigenvalue weighted by atomic mass is 10.3. The van der Waals surface area contributed by atoms with Crippen molar-refractivity contribution in [3.05, 3.63) is 47.1 Å². The fraction of sp³-hybridized carbons (Fsp3) is 0. The van der Waals surface area contributed by atoms with Gasteiger partial charge in [-0.25, -0.2) is 14.4 Å². The van der Waals surface area contributed by atoms with Crippen LogP contribution >= 0.6 is 15.9 Å². The zero-order valence-corrected chi connectivity index (χ0v) is 9.11. The van der Waals surface area contributed by atoms with E-state index in [4.69, 9.17) is 4.74 Å². The third-order valence-electron chi connectivity index (χ3n) is 1.66. The maximum atomic E-state index is 12.6. The minimum Gasteiger partial charge on any atom is -0.438 e. The molecule has 3 nitrogen and oxygen atoms in total. The molecule has 1 aromatic heterocycles. The Bertz CT molecular complexity index is 461. The van der Waals surface area contributed by atoms with Crippen LogP contribution in [0.15, 0.2) is 41.3 Å². The summed E-state index contributed by atoms with van der Waals surface area (Å²) in [6.07, 6.45) is 2.95. The summed E-state index contributed by atoms with van der Waals surface area (Å²) in [5, 5.41) is 0. The Morgan fingerprint density at radius 3 is 2.60 bits per heavy atom. The molecule has 0 aliphatic carbocycles. The van der Waals surface area contributed by atoms with Crippen LogP contribution in [0.25, 0.3) is 0 Å². The molecule has 0 aliphatic heterocycles. The van der Waals surface area contributed by atoms with E-state index in [1.807, 2.05) is 0 Å². The first-order valence-electron chi connectivity index (χ1n) is 4.14. The van der Waals surface area contributed by atoms with Crippen molar-refractivity contribution in [1.82, 2.24) is 9.97 Å². The van der Waals surface area contributed by atoms with Crippen molar-refractivity contribution in [2.45, 2.75) is 0 Å². The topological polar surface area (TPSA) is 35.0 Å². The first-order chi connectivity index (χ1) is 7.25. The highest BCUT2D eigenvalue weighted by Crippen LogP contribution is 2.25. The monoisotopic (exact) mass is 268 g/mol. The molecule has 0 fully saturated rings. The van der Waals surface area contributed by atoms with Crippen molar-refractivity contribution in [3.8, 4) is 11.6 Å². The molecule has 0 aliphatic rings. The Hall–Kier alpha value is -1.49. The minimum absolute atomic E-state index is 0.302. The van der Waals surface area contributed by atoms with Gasteiger partial charge < -0.3 is 4.74 Å². The van der Waals surface area contributed by atoms with E-state index in [-0.39, 0.29) is 5.82 Å². The standard InChI is InChI=1S/C10H6BrFN2O/c11-9-5-13-6-14-10(9)15-8-3-1-7(12)2-4-8/h1-6H. The Labute approximate surface area is 94.1 Å². The van der Waals surface area contributed by atoms with Gasteiger partial charge in [-0.05, 0) is 40.2 Å². The normalized spacial score (nSPS) is 10.0. The highest BCUT2D eigenvalue weighted by atomic mass is 79.9. The van der Waals surface area contributed by atoms with E-state index < -0.39 is 0 Å². The molecule has 0 spiro atoms. The second kappa shape index (κ2) is 4.35. The highest BCUT2D eigenvalue weighted by molar-refractivity contribution is 9.10. The molecule has 2 aromatic rings. The van der Waals surface area contributed by atoms with E-state index in [1.165, 1.54) is 30.6 Å². The SMILES string of the molecule is Fc1ccc(Oc2ncncc2Br)cc1. The summed E-state index contributed by atoms with van der Waals surface area (Å²) in [6.45, 7) is 0. The third kappa shape index (κ3) is 2.50. The Balaban J connectivity index is 2.22. The first-order valence-corrected chi connectivity index (χ1v) is 4.94. The lowest BCUT2D eigenvalue weighted by Crippen LogP contribution is -1.89. The molecule has 0 atom stereocenters. The predicted octanol–water partition coefficient (Wildman–Crippen LogP) is 3.17. The van der Waals surface area contributed by atoms with E-state index >= 15 is 0 Å². The number of hydrogen-bond acceptors (Lipinski definition) is 3. The van der Waals surface area contributed by atoms with Crippen LogP contribution in [-0.4, -0.2) is 9.97 Å². The van der Waals surface area contributed by atoms with E-state index in [0.717, 1.165) is 0 Å². The Kier molecular flexibility index (Phi) is 2.91. The number of nitrogens with zero attached hydrogens (tertiary/aromatic N) is 2. The lowest BCUT2D eigenvalue weighted by Gasteiger charge is -2.04. The molecule has 0 unspecified atom stereocenters. The van der Waals surface area contributed by atoms with Gasteiger partial charge in [0, 0.05) is 6.20 Å². The molecule has 5 heteroatoms. The number of rotatable bonds is 2. The quantitative estimate of drug-likeness (QED) is 0.839. The van der Waals surface area contributed by atoms with E-state index in [9.17, 15) is 4.39 Å². The van der Waals surface area contributed by atoms with Gasteiger partial charge in [-0.3, -0.25) is 0 Å². The van der Waals surface area contributed by atoms with Crippen molar-refractivity contribution in [2.24, 2.45) is 0 Å². The van der Waals surface area contributed by atoms with Crippen molar-refractivity contribution in [2.75, 3.05) is 0 Å². The molecular formula is C10H6BrFN2O. The molecule has 76 valence electrons. The maximum Gasteiger partial charge on any atom is 0.236 e. The molecule has 1 heterocycles. The Morgan fingerprint density at radius 2 is 1.93 bits per heavy atom. The average molecular weight is 269 g/mol. The van der Waals surface area contributed by atoms with Crippen molar-refractivity contribution in [3.63, 3.8) is 0 Å². The van der Waals surface area contributed by atoms with Gasteiger partial charge in [-0.2, -0.15) is 0 Å². The molecule has 0 saturated heterocycles. The van der Waals surface area contributed by atoms with Crippen LogP contribution in [-0.2, 0) is 0 Å². The van der Waals surface area contributed by atoms with Crippen LogP contribution in [0.2, 0.25) is 0 Å². The summed E-state index contributed by atoms with van der Waals surface area (Å²) in [5.74, 6) is 0.622. The summed E-state index contributed by atoms with van der Waals surface area (Å²) in [5.41, 5.74) is 0. The smallest absolute Gasteiger partial charge is 0.236 e. The van der Waals surface area contributed by atoms with Crippen LogP contribution in [0.3, 0.4) is 0 Å². The van der Waals surface area contributed by atoms with Gasteiger partial charge in [0.05, 0.1) is 4.47 Å². The number of hydrogen-bond donors (Lipinski definition) is 0. The predicted molar refractivity (Wildman–Crippen MR) is 56.2 cm³/mol. The van der Waals surface area contributed by atoms with Gasteiger partial charge in [0.15, 0.2) is 0 Å². The van der Waals surface area contributed by atoms with Crippen LogP contribution in [0.5, 0.6) is 11.6 Å². The summed E-state index contributed by atoms with van der Waals surface area (Å²) in [7, 11) is 0. The van der Waals surface area contributed by atoms with Gasteiger partial charge in [-0.1, -0.05) is 0 Å². The number of ether oxygens (including phenoxy) is 1. The molecule has 0 amide bonds. The number of halogens is 2. The largest absolute Gasteiger partial charge is 0.438 e. The van der Waals surface area contributed by atoms with Gasteiger partial charge in [0.1, 0.15) is 17.9 Å². The first kappa shape index (κ1) is 10.0. The van der Waals surface area contributed by atoms with Gasteiger partial charge in [-0.15, -0.1) is 0 Å². The minimum atomic E-state index is -0.302. The second-order valence-corrected chi connectivity index (χ2v) is 3.59. The van der Waals surface area contributed by atoms with E-state index in [0.29, 0.717) is 16.1 Å².